The summed E-state index contributed by atoms with van der Waals surface area (Å²) < 4.78 is 11.5. The highest BCUT2D eigenvalue weighted by molar-refractivity contribution is 9.10. The average molecular weight is 328 g/mol. The normalized spacial score (nSPS) is 13.2. The van der Waals surface area contributed by atoms with Crippen LogP contribution in [0, 0.1) is 0 Å². The first kappa shape index (κ1) is 11.8. The van der Waals surface area contributed by atoms with Crippen molar-refractivity contribution in [3.05, 3.63) is 49.7 Å². The zero-order valence-electron chi connectivity index (χ0n) is 9.20. The van der Waals surface area contributed by atoms with Crippen LogP contribution in [0.5, 0.6) is 5.75 Å². The number of hydrogen-bond acceptors (Lipinski definition) is 3. The van der Waals surface area contributed by atoms with Gasteiger partial charge in [-0.05, 0) is 28.1 Å². The molecule has 1 aromatic carbocycles. The largest absolute Gasteiger partial charge is 0.491 e. The molecule has 0 radical (unpaired) electrons. The standard InChI is InChI=1S/C13H8BrClO3/c14-10-11-8(5-6-17-11)13(16)18-12(10)7-3-1-2-4-9(7)15/h1-4H,5-6H2. The molecule has 0 atom stereocenters. The zero-order chi connectivity index (χ0) is 12.7. The van der Waals surface area contributed by atoms with Gasteiger partial charge in [0, 0.05) is 12.0 Å². The minimum atomic E-state index is -0.361. The molecule has 2 heterocycles. The molecule has 0 unspecified atom stereocenters. The molecule has 1 aromatic heterocycles. The van der Waals surface area contributed by atoms with Gasteiger partial charge in [0.2, 0.25) is 0 Å². The summed E-state index contributed by atoms with van der Waals surface area (Å²) in [7, 11) is 0. The van der Waals surface area contributed by atoms with E-state index in [1.807, 2.05) is 12.1 Å². The van der Waals surface area contributed by atoms with Crippen LogP contribution in [0.15, 0.2) is 37.9 Å². The van der Waals surface area contributed by atoms with Crippen LogP contribution in [0.25, 0.3) is 11.3 Å². The number of halogens is 2. The Hall–Kier alpha value is -1.26. The Kier molecular flexibility index (Phi) is 2.92. The highest BCUT2D eigenvalue weighted by Gasteiger charge is 2.25. The molecule has 0 saturated heterocycles. The fraction of sp³-hybridized carbons (Fsp3) is 0.154. The molecule has 0 N–H and O–H groups in total. The Morgan fingerprint density at radius 3 is 2.83 bits per heavy atom. The van der Waals surface area contributed by atoms with Crippen LogP contribution in [-0.2, 0) is 6.42 Å². The molecule has 18 heavy (non-hydrogen) atoms. The fourth-order valence-corrected chi connectivity index (χ4v) is 2.84. The minimum absolute atomic E-state index is 0.361. The predicted molar refractivity (Wildman–Crippen MR) is 72.3 cm³/mol. The van der Waals surface area contributed by atoms with E-state index in [0.29, 0.717) is 45.2 Å². The van der Waals surface area contributed by atoms with Gasteiger partial charge in [-0.1, -0.05) is 23.7 Å². The van der Waals surface area contributed by atoms with Crippen LogP contribution in [0.3, 0.4) is 0 Å². The molecule has 5 heteroatoms. The Morgan fingerprint density at radius 1 is 1.28 bits per heavy atom. The minimum Gasteiger partial charge on any atom is -0.491 e. The van der Waals surface area contributed by atoms with E-state index in [0.717, 1.165) is 0 Å². The van der Waals surface area contributed by atoms with Crippen molar-refractivity contribution in [3.63, 3.8) is 0 Å². The highest BCUT2D eigenvalue weighted by Crippen LogP contribution is 2.40. The maximum Gasteiger partial charge on any atom is 0.343 e. The summed E-state index contributed by atoms with van der Waals surface area (Å²) in [5.74, 6) is 0.979. The second-order valence-corrected chi connectivity index (χ2v) is 5.12. The van der Waals surface area contributed by atoms with Gasteiger partial charge in [0.05, 0.1) is 17.2 Å². The van der Waals surface area contributed by atoms with Crippen LogP contribution >= 0.6 is 27.5 Å². The van der Waals surface area contributed by atoms with E-state index in [1.165, 1.54) is 0 Å². The van der Waals surface area contributed by atoms with Crippen molar-refractivity contribution < 1.29 is 9.15 Å². The van der Waals surface area contributed by atoms with Crippen molar-refractivity contribution in [1.29, 1.82) is 0 Å². The second kappa shape index (κ2) is 4.44. The van der Waals surface area contributed by atoms with Gasteiger partial charge in [-0.3, -0.25) is 0 Å². The quantitative estimate of drug-likeness (QED) is 0.802. The van der Waals surface area contributed by atoms with Crippen molar-refractivity contribution in [2.24, 2.45) is 0 Å². The lowest BCUT2D eigenvalue weighted by molar-refractivity contribution is 0.353. The molecule has 0 spiro atoms. The van der Waals surface area contributed by atoms with Gasteiger partial charge in [-0.25, -0.2) is 4.79 Å². The van der Waals surface area contributed by atoms with E-state index in [2.05, 4.69) is 15.9 Å². The van der Waals surface area contributed by atoms with E-state index in [9.17, 15) is 4.79 Å². The Morgan fingerprint density at radius 2 is 2.06 bits per heavy atom. The van der Waals surface area contributed by atoms with E-state index >= 15 is 0 Å². The topological polar surface area (TPSA) is 39.4 Å². The molecule has 1 aliphatic rings. The van der Waals surface area contributed by atoms with E-state index in [1.54, 1.807) is 12.1 Å². The van der Waals surface area contributed by atoms with Gasteiger partial charge in [-0.15, -0.1) is 0 Å². The average Bonchev–Trinajstić information content (AvgIpc) is 2.85. The summed E-state index contributed by atoms with van der Waals surface area (Å²) in [6.45, 7) is 0.505. The van der Waals surface area contributed by atoms with Crippen LogP contribution in [0.4, 0.5) is 0 Å². The van der Waals surface area contributed by atoms with E-state index in [4.69, 9.17) is 20.8 Å². The van der Waals surface area contributed by atoms with Gasteiger partial charge in [-0.2, -0.15) is 0 Å². The molecule has 92 valence electrons. The van der Waals surface area contributed by atoms with Crippen molar-refractivity contribution in [3.8, 4) is 17.1 Å². The van der Waals surface area contributed by atoms with Crippen molar-refractivity contribution in [1.82, 2.24) is 0 Å². The third-order valence-corrected chi connectivity index (χ3v) is 3.88. The van der Waals surface area contributed by atoms with Crippen LogP contribution < -0.4 is 10.4 Å². The molecular weight excluding hydrogens is 319 g/mol. The van der Waals surface area contributed by atoms with Crippen molar-refractivity contribution in [2.75, 3.05) is 6.61 Å². The number of hydrogen-bond donors (Lipinski definition) is 0. The van der Waals surface area contributed by atoms with Gasteiger partial charge >= 0.3 is 5.63 Å². The number of rotatable bonds is 1. The molecule has 3 rings (SSSR count). The second-order valence-electron chi connectivity index (χ2n) is 3.92. The van der Waals surface area contributed by atoms with E-state index < -0.39 is 0 Å². The maximum absolute atomic E-state index is 11.9. The predicted octanol–water partition coefficient (Wildman–Crippen LogP) is 3.66. The Balaban J connectivity index is 2.29. The number of fused-ring (bicyclic) bond motifs is 1. The summed E-state index contributed by atoms with van der Waals surface area (Å²) in [5.41, 5.74) is 0.889. The first-order valence-corrected chi connectivity index (χ1v) is 6.59. The molecule has 1 aliphatic heterocycles. The first-order chi connectivity index (χ1) is 8.68. The molecular formula is C13H8BrClO3. The monoisotopic (exact) mass is 326 g/mol. The molecule has 0 aliphatic carbocycles. The molecule has 0 bridgehead atoms. The van der Waals surface area contributed by atoms with Crippen molar-refractivity contribution in [2.45, 2.75) is 6.42 Å². The fourth-order valence-electron chi connectivity index (χ4n) is 1.97. The number of benzene rings is 1. The van der Waals surface area contributed by atoms with Gasteiger partial charge in [0.25, 0.3) is 0 Å². The lowest BCUT2D eigenvalue weighted by Gasteiger charge is -2.08. The Labute approximate surface area is 116 Å². The van der Waals surface area contributed by atoms with Crippen LogP contribution in [0.1, 0.15) is 5.56 Å². The summed E-state index contributed by atoms with van der Waals surface area (Å²) in [6, 6.07) is 7.20. The SMILES string of the molecule is O=c1oc(-c2ccccc2Cl)c(Br)c2c1CCO2. The molecule has 0 amide bonds. The van der Waals surface area contributed by atoms with Crippen LogP contribution in [-0.4, -0.2) is 6.61 Å². The first-order valence-electron chi connectivity index (χ1n) is 5.41. The van der Waals surface area contributed by atoms with Gasteiger partial charge < -0.3 is 9.15 Å². The summed E-state index contributed by atoms with van der Waals surface area (Å²) in [6.07, 6.45) is 0.582. The summed E-state index contributed by atoms with van der Waals surface area (Å²) in [5, 5.41) is 0.527. The van der Waals surface area contributed by atoms with Crippen molar-refractivity contribution >= 4 is 27.5 Å². The number of ether oxygens (including phenoxy) is 1. The third-order valence-electron chi connectivity index (χ3n) is 2.83. The zero-order valence-corrected chi connectivity index (χ0v) is 11.5. The summed E-state index contributed by atoms with van der Waals surface area (Å²) in [4.78, 5) is 11.9. The maximum atomic E-state index is 11.9. The Bertz CT molecular complexity index is 678. The molecule has 0 saturated carbocycles. The smallest absolute Gasteiger partial charge is 0.343 e. The third kappa shape index (κ3) is 1.76. The van der Waals surface area contributed by atoms with Gasteiger partial charge in [0.1, 0.15) is 10.2 Å². The van der Waals surface area contributed by atoms with E-state index in [-0.39, 0.29) is 5.63 Å². The lowest BCUT2D eigenvalue weighted by Crippen LogP contribution is -2.06. The lowest BCUT2D eigenvalue weighted by atomic mass is 10.1. The molecule has 0 fully saturated rings. The van der Waals surface area contributed by atoms with Gasteiger partial charge in [0.15, 0.2) is 5.76 Å². The summed E-state index contributed by atoms with van der Waals surface area (Å²) >= 11 is 9.53. The molecule has 2 aromatic rings. The van der Waals surface area contributed by atoms with Crippen LogP contribution in [0.2, 0.25) is 5.02 Å². The molecule has 3 nitrogen and oxygen atoms in total. The highest BCUT2D eigenvalue weighted by atomic mass is 79.9.